The number of aryl methyl sites for hydroxylation is 1. The van der Waals surface area contributed by atoms with E-state index in [0.717, 1.165) is 23.5 Å². The lowest BCUT2D eigenvalue weighted by Gasteiger charge is -2.42. The van der Waals surface area contributed by atoms with Crippen LogP contribution in [0.3, 0.4) is 0 Å². The average Bonchev–Trinajstić information content (AvgIpc) is 3.25. The summed E-state index contributed by atoms with van der Waals surface area (Å²) in [5.74, 6) is 0.0498. The molecule has 1 atom stereocenters. The molecule has 3 aromatic rings. The molecule has 2 aromatic carbocycles. The molecule has 0 saturated carbocycles. The summed E-state index contributed by atoms with van der Waals surface area (Å²) in [5, 5.41) is 30.4. The molecule has 1 aliphatic heterocycles. The van der Waals surface area contributed by atoms with E-state index in [1.165, 1.54) is 12.1 Å². The van der Waals surface area contributed by atoms with Gasteiger partial charge in [-0.2, -0.15) is 5.26 Å². The molecule has 0 bridgehead atoms. The third kappa shape index (κ3) is 5.54. The molecule has 0 aliphatic carbocycles. The number of aromatic nitrogens is 2. The number of hydrogen-bond acceptors (Lipinski definition) is 6. The number of benzene rings is 2. The molecule has 1 saturated heterocycles. The van der Waals surface area contributed by atoms with Gasteiger partial charge in [-0.15, -0.1) is 0 Å². The SMILES string of the molecule is CCC(c1cnc(C)n1Cc1ccc(C#N)cc1)N1CCC(Cc2cccc([N+](=O)[O-])c2)(C(=O)O)CC1. The van der Waals surface area contributed by atoms with Crippen LogP contribution >= 0.6 is 0 Å². The van der Waals surface area contributed by atoms with Crippen molar-refractivity contribution in [3.8, 4) is 6.07 Å². The molecule has 9 heteroatoms. The summed E-state index contributed by atoms with van der Waals surface area (Å²) in [6.07, 6.45) is 3.96. The van der Waals surface area contributed by atoms with Crippen LogP contribution in [0.1, 0.15) is 60.4 Å². The predicted octanol–water partition coefficient (Wildman–Crippen LogP) is 4.88. The number of nitriles is 1. The third-order valence-electron chi connectivity index (χ3n) is 7.55. The molecule has 1 aromatic heterocycles. The van der Waals surface area contributed by atoms with Gasteiger partial charge in [0.05, 0.1) is 39.9 Å². The zero-order valence-corrected chi connectivity index (χ0v) is 21.1. The van der Waals surface area contributed by atoms with Gasteiger partial charge < -0.3 is 9.67 Å². The van der Waals surface area contributed by atoms with Crippen LogP contribution in [0.4, 0.5) is 5.69 Å². The quantitative estimate of drug-likeness (QED) is 0.327. The van der Waals surface area contributed by atoms with Crippen molar-refractivity contribution in [1.82, 2.24) is 14.5 Å². The molecule has 1 N–H and O–H groups in total. The molecule has 4 rings (SSSR count). The third-order valence-corrected chi connectivity index (χ3v) is 7.55. The summed E-state index contributed by atoms with van der Waals surface area (Å²) in [6, 6.07) is 16.1. The summed E-state index contributed by atoms with van der Waals surface area (Å²) in [4.78, 5) is 30.1. The Labute approximate surface area is 216 Å². The molecule has 1 fully saturated rings. The fraction of sp³-hybridized carbons (Fsp3) is 0.393. The van der Waals surface area contributed by atoms with Crippen LogP contribution in [0.2, 0.25) is 0 Å². The summed E-state index contributed by atoms with van der Waals surface area (Å²) in [7, 11) is 0. The largest absolute Gasteiger partial charge is 0.481 e. The van der Waals surface area contributed by atoms with Crippen LogP contribution in [0.5, 0.6) is 0 Å². The number of carboxylic acid groups (broad SMARTS) is 1. The van der Waals surface area contributed by atoms with Crippen molar-refractivity contribution < 1.29 is 14.8 Å². The van der Waals surface area contributed by atoms with Gasteiger partial charge >= 0.3 is 5.97 Å². The van der Waals surface area contributed by atoms with E-state index in [2.05, 4.69) is 27.4 Å². The maximum absolute atomic E-state index is 12.4. The van der Waals surface area contributed by atoms with E-state index in [0.29, 0.717) is 43.6 Å². The smallest absolute Gasteiger partial charge is 0.310 e. The number of rotatable bonds is 9. The topological polar surface area (TPSA) is 125 Å². The first-order valence-electron chi connectivity index (χ1n) is 12.5. The number of nitro benzene ring substituents is 1. The standard InChI is InChI=1S/C28H31N5O4/c1-3-25(26-18-30-20(2)32(26)19-22-9-7-21(17-29)8-10-22)31-13-11-28(12-14-31,27(34)35)16-23-5-4-6-24(15-23)33(36)37/h4-10,15,18,25H,3,11-14,16,19H2,1-2H3,(H,34,35). The van der Waals surface area contributed by atoms with Crippen molar-refractivity contribution >= 4 is 11.7 Å². The molecule has 37 heavy (non-hydrogen) atoms. The summed E-state index contributed by atoms with van der Waals surface area (Å²) >= 11 is 0. The van der Waals surface area contributed by atoms with Gasteiger partial charge in [0.15, 0.2) is 0 Å². The lowest BCUT2D eigenvalue weighted by molar-refractivity contribution is -0.384. The number of piperidine rings is 1. The van der Waals surface area contributed by atoms with Gasteiger partial charge in [0.25, 0.3) is 5.69 Å². The maximum atomic E-state index is 12.4. The van der Waals surface area contributed by atoms with Gasteiger partial charge in [0.1, 0.15) is 5.82 Å². The molecule has 0 spiro atoms. The summed E-state index contributed by atoms with van der Waals surface area (Å²) < 4.78 is 2.19. The highest BCUT2D eigenvalue weighted by molar-refractivity contribution is 5.75. The Morgan fingerprint density at radius 2 is 1.92 bits per heavy atom. The highest BCUT2D eigenvalue weighted by Crippen LogP contribution is 2.39. The maximum Gasteiger partial charge on any atom is 0.310 e. The Hall–Kier alpha value is -4.03. The van der Waals surface area contributed by atoms with Crippen LogP contribution in [0.15, 0.2) is 54.7 Å². The fourth-order valence-electron chi connectivity index (χ4n) is 5.38. The monoisotopic (exact) mass is 501 g/mol. The molecular weight excluding hydrogens is 470 g/mol. The molecule has 0 amide bonds. The van der Waals surface area contributed by atoms with E-state index in [4.69, 9.17) is 5.26 Å². The predicted molar refractivity (Wildman–Crippen MR) is 138 cm³/mol. The van der Waals surface area contributed by atoms with Crippen molar-refractivity contribution in [2.24, 2.45) is 5.41 Å². The van der Waals surface area contributed by atoms with E-state index in [1.54, 1.807) is 12.1 Å². The minimum atomic E-state index is -0.956. The van der Waals surface area contributed by atoms with Crippen LogP contribution in [0.25, 0.3) is 0 Å². The second kappa shape index (κ2) is 10.9. The number of aliphatic carboxylic acids is 1. The first kappa shape index (κ1) is 26.0. The van der Waals surface area contributed by atoms with Gasteiger partial charge in [-0.25, -0.2) is 4.98 Å². The van der Waals surface area contributed by atoms with Gasteiger partial charge in [0.2, 0.25) is 0 Å². The molecule has 2 heterocycles. The average molecular weight is 502 g/mol. The number of likely N-dealkylation sites (tertiary alicyclic amines) is 1. The zero-order chi connectivity index (χ0) is 26.6. The van der Waals surface area contributed by atoms with E-state index in [9.17, 15) is 20.0 Å². The van der Waals surface area contributed by atoms with Gasteiger partial charge in [0, 0.05) is 18.7 Å². The second-order valence-electron chi connectivity index (χ2n) is 9.77. The Morgan fingerprint density at radius 1 is 1.22 bits per heavy atom. The first-order chi connectivity index (χ1) is 17.8. The van der Waals surface area contributed by atoms with E-state index in [-0.39, 0.29) is 18.2 Å². The highest BCUT2D eigenvalue weighted by atomic mass is 16.6. The van der Waals surface area contributed by atoms with Gasteiger partial charge in [-0.1, -0.05) is 31.2 Å². The van der Waals surface area contributed by atoms with Gasteiger partial charge in [-0.05, 0) is 69.0 Å². The minimum Gasteiger partial charge on any atom is -0.481 e. The number of carboxylic acids is 1. The number of imidazole rings is 1. The van der Waals surface area contributed by atoms with Crippen LogP contribution in [0, 0.1) is 33.8 Å². The molecule has 192 valence electrons. The minimum absolute atomic E-state index is 0.0209. The fourth-order valence-corrected chi connectivity index (χ4v) is 5.38. The summed E-state index contributed by atoms with van der Waals surface area (Å²) in [6.45, 7) is 5.97. The number of carbonyl (C=O) groups is 1. The van der Waals surface area contributed by atoms with Crippen LogP contribution < -0.4 is 0 Å². The second-order valence-corrected chi connectivity index (χ2v) is 9.77. The van der Waals surface area contributed by atoms with E-state index in [1.807, 2.05) is 37.4 Å². The Kier molecular flexibility index (Phi) is 7.69. The number of nitrogens with zero attached hydrogens (tertiary/aromatic N) is 5. The molecule has 1 unspecified atom stereocenters. The lowest BCUT2D eigenvalue weighted by atomic mass is 9.73. The van der Waals surface area contributed by atoms with Crippen LogP contribution in [-0.2, 0) is 17.8 Å². The van der Waals surface area contributed by atoms with Crippen molar-refractivity contribution in [3.63, 3.8) is 0 Å². The van der Waals surface area contributed by atoms with Crippen molar-refractivity contribution in [2.45, 2.75) is 52.1 Å². The van der Waals surface area contributed by atoms with Crippen molar-refractivity contribution in [2.75, 3.05) is 13.1 Å². The molecule has 9 nitrogen and oxygen atoms in total. The van der Waals surface area contributed by atoms with Crippen LogP contribution in [-0.4, -0.2) is 43.5 Å². The molecule has 1 aliphatic rings. The lowest BCUT2D eigenvalue weighted by Crippen LogP contribution is -2.47. The summed E-state index contributed by atoms with van der Waals surface area (Å²) in [5.41, 5.74) is 2.49. The number of non-ortho nitro benzene ring substituents is 1. The normalized spacial score (nSPS) is 16.1. The van der Waals surface area contributed by atoms with E-state index >= 15 is 0 Å². The molecular formula is C28H31N5O4. The van der Waals surface area contributed by atoms with E-state index < -0.39 is 16.3 Å². The van der Waals surface area contributed by atoms with Crippen molar-refractivity contribution in [3.05, 3.63) is 93.1 Å². The molecule has 0 radical (unpaired) electrons. The number of nitro groups is 1. The Balaban J connectivity index is 1.52. The van der Waals surface area contributed by atoms with Crippen molar-refractivity contribution in [1.29, 1.82) is 5.26 Å². The zero-order valence-electron chi connectivity index (χ0n) is 21.1. The Morgan fingerprint density at radius 3 is 2.51 bits per heavy atom. The van der Waals surface area contributed by atoms with Gasteiger partial charge in [-0.3, -0.25) is 19.8 Å². The first-order valence-corrected chi connectivity index (χ1v) is 12.5. The highest BCUT2D eigenvalue weighted by Gasteiger charge is 2.43. The Bertz CT molecular complexity index is 1320. The number of hydrogen-bond donors (Lipinski definition) is 1.